The van der Waals surface area contributed by atoms with E-state index in [4.69, 9.17) is 11.6 Å². The van der Waals surface area contributed by atoms with Gasteiger partial charge in [0.15, 0.2) is 6.29 Å². The number of carbonyl (C=O) groups excluding carboxylic acids is 1. The van der Waals surface area contributed by atoms with E-state index < -0.39 is 6.89 Å². The van der Waals surface area contributed by atoms with E-state index in [-0.39, 0.29) is 0 Å². The molecule has 0 aliphatic heterocycles. The van der Waals surface area contributed by atoms with Gasteiger partial charge in [0.25, 0.3) is 0 Å². The van der Waals surface area contributed by atoms with Crippen LogP contribution in [0.25, 0.3) is 0 Å². The van der Waals surface area contributed by atoms with Gasteiger partial charge >= 0.3 is 0 Å². The molecule has 0 N–H and O–H groups in total. The zero-order valence-corrected chi connectivity index (χ0v) is 17.4. The zero-order valence-electron chi connectivity index (χ0n) is 15.8. The Bertz CT molecular complexity index is 1050. The molecular weight excluding hydrogens is 395 g/mol. The molecule has 0 saturated heterocycles. The Morgan fingerprint density at radius 3 is 1.31 bits per heavy atom. The fourth-order valence-electron chi connectivity index (χ4n) is 3.78. The van der Waals surface area contributed by atoms with Crippen LogP contribution < -0.4 is 15.9 Å². The monoisotopic (exact) mass is 414 g/mol. The van der Waals surface area contributed by atoms with Crippen LogP contribution in [0.15, 0.2) is 115 Å². The van der Waals surface area contributed by atoms with Gasteiger partial charge in [0.05, 0.1) is 0 Å². The van der Waals surface area contributed by atoms with Gasteiger partial charge in [-0.25, -0.2) is 0 Å². The summed E-state index contributed by atoms with van der Waals surface area (Å²) < 4.78 is 0. The lowest BCUT2D eigenvalue weighted by Gasteiger charge is -2.31. The highest BCUT2D eigenvalue weighted by Gasteiger charge is 2.30. The molecule has 142 valence electrons. The maximum absolute atomic E-state index is 12.7. The first-order valence-corrected chi connectivity index (χ1v) is 11.6. The summed E-state index contributed by atoms with van der Waals surface area (Å²) in [6, 6.07) is 38.6. The van der Waals surface area contributed by atoms with E-state index in [1.54, 1.807) is 0 Å². The van der Waals surface area contributed by atoms with Crippen LogP contribution in [0.4, 0.5) is 0 Å². The fraction of sp³-hybridized carbons (Fsp3) is 0. The van der Waals surface area contributed by atoms with Gasteiger partial charge in [0.2, 0.25) is 0 Å². The second kappa shape index (κ2) is 8.66. The molecule has 0 bridgehead atoms. The number of benzene rings is 4. The maximum Gasteiger partial charge on any atom is 0.151 e. The smallest absolute Gasteiger partial charge is 0.151 e. The first-order chi connectivity index (χ1) is 14.3. The van der Waals surface area contributed by atoms with Gasteiger partial charge in [-0.15, -0.1) is 0 Å². The molecule has 4 aromatic rings. The molecule has 0 fully saturated rings. The van der Waals surface area contributed by atoms with Crippen LogP contribution in [0.1, 0.15) is 5.56 Å². The molecule has 0 aromatic heterocycles. The highest BCUT2D eigenvalue weighted by molar-refractivity contribution is 7.96. The summed E-state index contributed by atoms with van der Waals surface area (Å²) in [5, 5.41) is 4.89. The summed E-state index contributed by atoms with van der Waals surface area (Å²) in [5.41, 5.74) is 0.897. The van der Waals surface area contributed by atoms with Crippen LogP contribution in [0.5, 0.6) is 0 Å². The van der Waals surface area contributed by atoms with Crippen molar-refractivity contribution in [1.29, 1.82) is 0 Å². The first-order valence-electron chi connectivity index (χ1n) is 9.41. The van der Waals surface area contributed by atoms with Crippen LogP contribution in [-0.4, -0.2) is 11.6 Å². The predicted octanol–water partition coefficient (Wildman–Crippen LogP) is 5.05. The van der Waals surface area contributed by atoms with E-state index in [0.29, 0.717) is 5.02 Å². The van der Waals surface area contributed by atoms with Crippen molar-refractivity contribution >= 4 is 46.0 Å². The number of halogens is 1. The van der Waals surface area contributed by atoms with Gasteiger partial charge in [0.1, 0.15) is 0 Å². The minimum atomic E-state index is -2.39. The van der Waals surface area contributed by atoms with Gasteiger partial charge in [-0.05, 0) is 40.5 Å². The molecule has 0 amide bonds. The average Bonchev–Trinajstić information content (AvgIpc) is 2.80. The number of hydrogen-bond donors (Lipinski definition) is 0. The van der Waals surface area contributed by atoms with Crippen molar-refractivity contribution in [3.63, 3.8) is 0 Å². The molecule has 4 rings (SSSR count). The summed E-state index contributed by atoms with van der Waals surface area (Å²) in [5.74, 6) is 0. The normalized spacial score (nSPS) is 11.1. The summed E-state index contributed by atoms with van der Waals surface area (Å²) >= 11 is 6.14. The molecule has 1 nitrogen and oxygen atoms in total. The molecule has 0 atom stereocenters. The largest absolute Gasteiger partial charge is 0.298 e. The Morgan fingerprint density at radius 1 is 0.586 bits per heavy atom. The van der Waals surface area contributed by atoms with Gasteiger partial charge < -0.3 is 0 Å². The lowest BCUT2D eigenvalue weighted by atomic mass is 10.2. The van der Waals surface area contributed by atoms with Gasteiger partial charge in [0, 0.05) is 10.3 Å². The zero-order chi connectivity index (χ0) is 20.1. The summed E-state index contributed by atoms with van der Waals surface area (Å²) in [4.78, 5) is 12.7. The first kappa shape index (κ1) is 19.5. The van der Waals surface area contributed by atoms with Crippen molar-refractivity contribution in [3.05, 3.63) is 126 Å². The Kier molecular flexibility index (Phi) is 5.81. The van der Waals surface area contributed by atoms with E-state index in [1.165, 1.54) is 0 Å². The van der Waals surface area contributed by atoms with Gasteiger partial charge in [-0.2, -0.15) is 0 Å². The minimum Gasteiger partial charge on any atom is -0.298 e. The number of carbonyl (C=O) groups is 1. The molecular formula is C26H20ClOP. The van der Waals surface area contributed by atoms with E-state index in [2.05, 4.69) is 36.4 Å². The van der Waals surface area contributed by atoms with Crippen LogP contribution in [0.2, 0.25) is 5.02 Å². The Morgan fingerprint density at radius 2 is 0.966 bits per heavy atom. The third-order valence-corrected chi connectivity index (χ3v) is 9.60. The molecule has 0 unspecified atom stereocenters. The molecule has 0 spiro atoms. The minimum absolute atomic E-state index is 0.655. The van der Waals surface area contributed by atoms with E-state index in [0.717, 1.165) is 33.1 Å². The van der Waals surface area contributed by atoms with Crippen molar-refractivity contribution in [2.75, 3.05) is 0 Å². The Labute approximate surface area is 176 Å². The summed E-state index contributed by atoms with van der Waals surface area (Å²) in [6.45, 7) is -2.39. The quantitative estimate of drug-likeness (QED) is 0.330. The molecule has 3 heteroatoms. The van der Waals surface area contributed by atoms with Crippen molar-refractivity contribution in [1.82, 2.24) is 0 Å². The summed E-state index contributed by atoms with van der Waals surface area (Å²) in [6.07, 6.45) is 1.03. The average molecular weight is 415 g/mol. The van der Waals surface area contributed by atoms with Gasteiger partial charge in [-0.3, -0.25) is 4.79 Å². The van der Waals surface area contributed by atoms with Crippen molar-refractivity contribution < 1.29 is 4.79 Å². The molecule has 0 saturated carbocycles. The molecule has 29 heavy (non-hydrogen) atoms. The van der Waals surface area contributed by atoms with Crippen LogP contribution >= 0.6 is 18.5 Å². The molecule has 4 aromatic carbocycles. The topological polar surface area (TPSA) is 17.1 Å². The lowest BCUT2D eigenvalue weighted by molar-refractivity contribution is -0.102. The SMILES string of the molecule is O=CC(c1ccc(Cl)cc1)=P(c1ccccc1)(c1ccccc1)c1ccccc1. The van der Waals surface area contributed by atoms with Crippen molar-refractivity contribution in [3.8, 4) is 0 Å². The number of hydrogen-bond acceptors (Lipinski definition) is 1. The standard InChI is InChI=1S/C26H20ClOP/c27-22-18-16-21(17-19-22)26(20-28)29(23-10-4-1-5-11-23,24-12-6-2-7-13-24)25-14-8-3-9-15-25/h1-20H. The highest BCUT2D eigenvalue weighted by Crippen LogP contribution is 2.47. The molecule has 0 aliphatic rings. The van der Waals surface area contributed by atoms with E-state index >= 15 is 0 Å². The van der Waals surface area contributed by atoms with Crippen LogP contribution in [0.3, 0.4) is 0 Å². The second-order valence-corrected chi connectivity index (χ2v) is 10.5. The molecule has 0 aliphatic carbocycles. The molecule has 0 radical (unpaired) electrons. The van der Waals surface area contributed by atoms with E-state index in [9.17, 15) is 4.79 Å². The van der Waals surface area contributed by atoms with E-state index in [1.807, 2.05) is 78.9 Å². The highest BCUT2D eigenvalue weighted by atomic mass is 35.5. The summed E-state index contributed by atoms with van der Waals surface area (Å²) in [7, 11) is 0. The van der Waals surface area contributed by atoms with Crippen LogP contribution in [-0.2, 0) is 4.79 Å². The van der Waals surface area contributed by atoms with Gasteiger partial charge in [-0.1, -0.05) is 115 Å². The Balaban J connectivity index is 2.25. The van der Waals surface area contributed by atoms with Crippen molar-refractivity contribution in [2.45, 2.75) is 0 Å². The number of aldehydes is 1. The molecule has 0 heterocycles. The predicted molar refractivity (Wildman–Crippen MR) is 127 cm³/mol. The third kappa shape index (κ3) is 3.60. The third-order valence-electron chi connectivity index (χ3n) is 5.04. The van der Waals surface area contributed by atoms with Crippen LogP contribution in [0, 0.1) is 0 Å². The number of rotatable bonds is 5. The second-order valence-electron chi connectivity index (χ2n) is 6.69. The Hall–Kier alpha value is -2.86. The maximum atomic E-state index is 12.7. The lowest BCUT2D eigenvalue weighted by Crippen LogP contribution is -2.31. The fourth-order valence-corrected chi connectivity index (χ4v) is 8.19. The van der Waals surface area contributed by atoms with Crippen molar-refractivity contribution in [2.24, 2.45) is 0 Å².